The predicted molar refractivity (Wildman–Crippen MR) is 86.3 cm³/mol. The van der Waals surface area contributed by atoms with Gasteiger partial charge in [0, 0.05) is 30.8 Å². The lowest BCUT2D eigenvalue weighted by molar-refractivity contribution is 0.0536. The topological polar surface area (TPSA) is 34.2 Å². The van der Waals surface area contributed by atoms with E-state index in [-0.39, 0.29) is 0 Å². The largest absolute Gasteiger partial charge is 0.381 e. The van der Waals surface area contributed by atoms with Gasteiger partial charge in [-0.25, -0.2) is 0 Å². The van der Waals surface area contributed by atoms with Crippen LogP contribution in [0.3, 0.4) is 0 Å². The molecule has 112 valence electrons. The normalized spacial score (nSPS) is 18.0. The van der Waals surface area contributed by atoms with Crippen LogP contribution in [0.1, 0.15) is 37.8 Å². The van der Waals surface area contributed by atoms with Crippen molar-refractivity contribution in [3.05, 3.63) is 42.1 Å². The molecule has 1 atom stereocenters. The van der Waals surface area contributed by atoms with Crippen molar-refractivity contribution in [3.63, 3.8) is 0 Å². The SMILES string of the molecule is CCCNC(c1ccc2ncccc2c1)C1CCOCC1. The fraction of sp³-hybridized carbons (Fsp3) is 0.500. The standard InChI is InChI=1S/C18H24N2O/c1-2-9-20-18(14-7-11-21-12-8-14)16-5-6-17-15(13-16)4-3-10-19-17/h3-6,10,13-14,18,20H,2,7-9,11-12H2,1H3. The minimum Gasteiger partial charge on any atom is -0.381 e. The van der Waals surface area contributed by atoms with Crippen molar-refractivity contribution in [2.75, 3.05) is 19.8 Å². The zero-order valence-electron chi connectivity index (χ0n) is 12.7. The number of aromatic nitrogens is 1. The molecule has 1 aromatic heterocycles. The molecular weight excluding hydrogens is 260 g/mol. The molecule has 3 nitrogen and oxygen atoms in total. The minimum atomic E-state index is 0.429. The second-order valence-electron chi connectivity index (χ2n) is 5.84. The summed E-state index contributed by atoms with van der Waals surface area (Å²) < 4.78 is 5.52. The lowest BCUT2D eigenvalue weighted by atomic mass is 9.86. The van der Waals surface area contributed by atoms with Crippen LogP contribution < -0.4 is 5.32 Å². The maximum absolute atomic E-state index is 5.52. The molecule has 0 radical (unpaired) electrons. The van der Waals surface area contributed by atoms with Gasteiger partial charge in [-0.1, -0.05) is 19.1 Å². The van der Waals surface area contributed by atoms with E-state index in [4.69, 9.17) is 4.74 Å². The molecule has 2 aromatic rings. The molecule has 1 fully saturated rings. The summed E-state index contributed by atoms with van der Waals surface area (Å²) in [7, 11) is 0. The first kappa shape index (κ1) is 14.5. The Kier molecular flexibility index (Phi) is 4.84. The first-order valence-electron chi connectivity index (χ1n) is 8.04. The highest BCUT2D eigenvalue weighted by atomic mass is 16.5. The molecule has 1 aliphatic rings. The first-order chi connectivity index (χ1) is 10.4. The second-order valence-corrected chi connectivity index (χ2v) is 5.84. The van der Waals surface area contributed by atoms with Crippen LogP contribution in [0.25, 0.3) is 10.9 Å². The highest BCUT2D eigenvalue weighted by Gasteiger charge is 2.25. The predicted octanol–water partition coefficient (Wildman–Crippen LogP) is 3.70. The van der Waals surface area contributed by atoms with Crippen LogP contribution in [-0.2, 0) is 4.74 Å². The van der Waals surface area contributed by atoms with E-state index in [1.165, 1.54) is 10.9 Å². The summed E-state index contributed by atoms with van der Waals surface area (Å²) in [6, 6.07) is 11.3. The fourth-order valence-electron chi connectivity index (χ4n) is 3.19. The molecular formula is C18H24N2O. The van der Waals surface area contributed by atoms with Gasteiger partial charge >= 0.3 is 0 Å². The average molecular weight is 284 g/mol. The van der Waals surface area contributed by atoms with E-state index in [9.17, 15) is 0 Å². The molecule has 0 spiro atoms. The molecule has 1 aromatic carbocycles. The van der Waals surface area contributed by atoms with E-state index in [0.29, 0.717) is 12.0 Å². The number of fused-ring (bicyclic) bond motifs is 1. The lowest BCUT2D eigenvalue weighted by Gasteiger charge is -2.31. The van der Waals surface area contributed by atoms with E-state index in [0.717, 1.165) is 44.5 Å². The van der Waals surface area contributed by atoms with Gasteiger partial charge in [0.2, 0.25) is 0 Å². The Labute approximate surface area is 126 Å². The summed E-state index contributed by atoms with van der Waals surface area (Å²) in [6.45, 7) is 5.07. The summed E-state index contributed by atoms with van der Waals surface area (Å²) in [4.78, 5) is 4.42. The van der Waals surface area contributed by atoms with Crippen LogP contribution in [0.5, 0.6) is 0 Å². The number of benzene rings is 1. The highest BCUT2D eigenvalue weighted by molar-refractivity contribution is 5.79. The van der Waals surface area contributed by atoms with Gasteiger partial charge < -0.3 is 10.1 Å². The molecule has 1 saturated heterocycles. The van der Waals surface area contributed by atoms with Crippen molar-refractivity contribution in [3.8, 4) is 0 Å². The van der Waals surface area contributed by atoms with Crippen molar-refractivity contribution in [1.29, 1.82) is 0 Å². The zero-order valence-corrected chi connectivity index (χ0v) is 12.7. The molecule has 1 unspecified atom stereocenters. The minimum absolute atomic E-state index is 0.429. The monoisotopic (exact) mass is 284 g/mol. The van der Waals surface area contributed by atoms with Crippen molar-refractivity contribution in [2.24, 2.45) is 5.92 Å². The third kappa shape index (κ3) is 3.42. The summed E-state index contributed by atoms with van der Waals surface area (Å²) in [5.41, 5.74) is 2.46. The third-order valence-electron chi connectivity index (χ3n) is 4.34. The lowest BCUT2D eigenvalue weighted by Crippen LogP contribution is -2.32. The number of rotatable bonds is 5. The average Bonchev–Trinajstić information content (AvgIpc) is 2.56. The van der Waals surface area contributed by atoms with Crippen LogP contribution in [0.4, 0.5) is 0 Å². The first-order valence-corrected chi connectivity index (χ1v) is 8.04. The summed E-state index contributed by atoms with van der Waals surface area (Å²) in [5.74, 6) is 0.666. The van der Waals surface area contributed by atoms with Crippen molar-refractivity contribution >= 4 is 10.9 Å². The van der Waals surface area contributed by atoms with Crippen LogP contribution in [-0.4, -0.2) is 24.7 Å². The summed E-state index contributed by atoms with van der Waals surface area (Å²) >= 11 is 0. The van der Waals surface area contributed by atoms with Crippen LogP contribution in [0.15, 0.2) is 36.5 Å². The van der Waals surface area contributed by atoms with Crippen LogP contribution in [0.2, 0.25) is 0 Å². The van der Waals surface area contributed by atoms with Crippen molar-refractivity contribution < 1.29 is 4.74 Å². The van der Waals surface area contributed by atoms with Gasteiger partial charge in [-0.2, -0.15) is 0 Å². The van der Waals surface area contributed by atoms with Gasteiger partial charge in [-0.15, -0.1) is 0 Å². The fourth-order valence-corrected chi connectivity index (χ4v) is 3.19. The molecule has 21 heavy (non-hydrogen) atoms. The Hall–Kier alpha value is -1.45. The molecule has 1 N–H and O–H groups in total. The quantitative estimate of drug-likeness (QED) is 0.909. The van der Waals surface area contributed by atoms with Gasteiger partial charge in [0.05, 0.1) is 5.52 Å². The number of nitrogens with one attached hydrogen (secondary N) is 1. The molecule has 3 rings (SSSR count). The van der Waals surface area contributed by atoms with Gasteiger partial charge in [0.25, 0.3) is 0 Å². The summed E-state index contributed by atoms with van der Waals surface area (Å²) in [5, 5.41) is 4.97. The number of nitrogens with zero attached hydrogens (tertiary/aromatic N) is 1. The van der Waals surface area contributed by atoms with Crippen LogP contribution >= 0.6 is 0 Å². The Morgan fingerprint density at radius 1 is 1.29 bits per heavy atom. The van der Waals surface area contributed by atoms with Crippen molar-refractivity contribution in [2.45, 2.75) is 32.2 Å². The molecule has 3 heteroatoms. The molecule has 1 aliphatic heterocycles. The Morgan fingerprint density at radius 2 is 2.14 bits per heavy atom. The van der Waals surface area contributed by atoms with E-state index in [1.807, 2.05) is 12.3 Å². The number of hydrogen-bond donors (Lipinski definition) is 1. The maximum atomic E-state index is 5.52. The third-order valence-corrected chi connectivity index (χ3v) is 4.34. The smallest absolute Gasteiger partial charge is 0.0702 e. The van der Waals surface area contributed by atoms with E-state index in [1.54, 1.807) is 0 Å². The van der Waals surface area contributed by atoms with Gasteiger partial charge in [-0.05, 0) is 55.5 Å². The van der Waals surface area contributed by atoms with Crippen molar-refractivity contribution in [1.82, 2.24) is 10.3 Å². The number of hydrogen-bond acceptors (Lipinski definition) is 3. The number of pyridine rings is 1. The highest BCUT2D eigenvalue weighted by Crippen LogP contribution is 2.31. The van der Waals surface area contributed by atoms with Crippen LogP contribution in [0, 0.1) is 5.92 Å². The van der Waals surface area contributed by atoms with Gasteiger partial charge in [0.15, 0.2) is 0 Å². The molecule has 0 bridgehead atoms. The molecule has 0 aliphatic carbocycles. The molecule has 0 saturated carbocycles. The zero-order chi connectivity index (χ0) is 14.5. The molecule has 0 amide bonds. The Balaban J connectivity index is 1.88. The van der Waals surface area contributed by atoms with Gasteiger partial charge in [-0.3, -0.25) is 4.98 Å². The second kappa shape index (κ2) is 7.01. The van der Waals surface area contributed by atoms with Gasteiger partial charge in [0.1, 0.15) is 0 Å². The van der Waals surface area contributed by atoms with E-state index in [2.05, 4.69) is 41.5 Å². The van der Waals surface area contributed by atoms with E-state index < -0.39 is 0 Å². The maximum Gasteiger partial charge on any atom is 0.0702 e. The molecule has 2 heterocycles. The number of ether oxygens (including phenoxy) is 1. The Bertz CT molecular complexity index is 578. The Morgan fingerprint density at radius 3 is 2.95 bits per heavy atom. The van der Waals surface area contributed by atoms with E-state index >= 15 is 0 Å². The summed E-state index contributed by atoms with van der Waals surface area (Å²) in [6.07, 6.45) is 5.31.